The van der Waals surface area contributed by atoms with Crippen LogP contribution in [0.2, 0.25) is 0 Å². The predicted octanol–water partition coefficient (Wildman–Crippen LogP) is 1.59. The van der Waals surface area contributed by atoms with Crippen LogP contribution in [0, 0.1) is 0 Å². The van der Waals surface area contributed by atoms with Crippen molar-refractivity contribution in [2.24, 2.45) is 0 Å². The molecule has 0 saturated heterocycles. The van der Waals surface area contributed by atoms with E-state index in [0.29, 0.717) is 19.4 Å². The summed E-state index contributed by atoms with van der Waals surface area (Å²) in [4.78, 5) is 11.4. The van der Waals surface area contributed by atoms with Crippen molar-refractivity contribution in [3.05, 3.63) is 29.8 Å². The predicted molar refractivity (Wildman–Crippen MR) is 64.5 cm³/mol. The molecule has 94 valence electrons. The van der Waals surface area contributed by atoms with E-state index >= 15 is 0 Å². The fraction of sp³-hybridized carbons (Fsp3) is 0.417. The van der Waals surface area contributed by atoms with Crippen molar-refractivity contribution in [2.75, 3.05) is 12.9 Å². The van der Waals surface area contributed by atoms with Crippen molar-refractivity contribution < 1.29 is 17.9 Å². The van der Waals surface area contributed by atoms with Crippen LogP contribution in [0.3, 0.4) is 0 Å². The van der Waals surface area contributed by atoms with Crippen molar-refractivity contribution in [1.82, 2.24) is 0 Å². The van der Waals surface area contributed by atoms with Crippen LogP contribution >= 0.6 is 0 Å². The van der Waals surface area contributed by atoms with Gasteiger partial charge in [-0.15, -0.1) is 0 Å². The minimum absolute atomic E-state index is 0.236. The maximum absolute atomic E-state index is 11.2. The highest BCUT2D eigenvalue weighted by molar-refractivity contribution is 7.90. The number of carbonyl (C=O) groups excluding carboxylic acids is 1. The molecule has 0 aromatic heterocycles. The molecule has 0 aliphatic heterocycles. The Morgan fingerprint density at radius 3 is 2.29 bits per heavy atom. The van der Waals surface area contributed by atoms with E-state index in [-0.39, 0.29) is 10.9 Å². The van der Waals surface area contributed by atoms with Gasteiger partial charge in [-0.3, -0.25) is 4.79 Å². The summed E-state index contributed by atoms with van der Waals surface area (Å²) >= 11 is 0. The molecule has 0 aliphatic rings. The van der Waals surface area contributed by atoms with Crippen molar-refractivity contribution >= 4 is 15.8 Å². The quantitative estimate of drug-likeness (QED) is 0.750. The van der Waals surface area contributed by atoms with Crippen LogP contribution in [0.1, 0.15) is 18.9 Å². The molecule has 1 rings (SSSR count). The van der Waals surface area contributed by atoms with Crippen LogP contribution < -0.4 is 0 Å². The lowest BCUT2D eigenvalue weighted by atomic mass is 10.1. The van der Waals surface area contributed by atoms with Crippen molar-refractivity contribution in [2.45, 2.75) is 24.7 Å². The summed E-state index contributed by atoms with van der Waals surface area (Å²) in [6, 6.07) is 6.54. The van der Waals surface area contributed by atoms with E-state index in [2.05, 4.69) is 0 Å². The highest BCUT2D eigenvalue weighted by Gasteiger charge is 2.07. The van der Waals surface area contributed by atoms with E-state index < -0.39 is 9.84 Å². The topological polar surface area (TPSA) is 60.4 Å². The second-order valence-corrected chi connectivity index (χ2v) is 5.74. The van der Waals surface area contributed by atoms with Gasteiger partial charge in [-0.2, -0.15) is 0 Å². The molecule has 0 spiro atoms. The second kappa shape index (κ2) is 5.82. The highest BCUT2D eigenvalue weighted by Crippen LogP contribution is 2.11. The van der Waals surface area contributed by atoms with Gasteiger partial charge < -0.3 is 4.74 Å². The monoisotopic (exact) mass is 256 g/mol. The van der Waals surface area contributed by atoms with Gasteiger partial charge in [0.25, 0.3) is 0 Å². The average molecular weight is 256 g/mol. The summed E-state index contributed by atoms with van der Waals surface area (Å²) in [7, 11) is -3.15. The van der Waals surface area contributed by atoms with E-state index in [1.807, 2.05) is 0 Å². The molecule has 4 nitrogen and oxygen atoms in total. The zero-order valence-corrected chi connectivity index (χ0v) is 10.8. The number of hydrogen-bond acceptors (Lipinski definition) is 4. The molecule has 0 bridgehead atoms. The normalized spacial score (nSPS) is 11.2. The van der Waals surface area contributed by atoms with E-state index in [4.69, 9.17) is 4.74 Å². The fourth-order valence-corrected chi connectivity index (χ4v) is 2.01. The number of sulfone groups is 1. The van der Waals surface area contributed by atoms with Gasteiger partial charge in [0, 0.05) is 12.7 Å². The third-order valence-corrected chi connectivity index (χ3v) is 3.40. The largest absolute Gasteiger partial charge is 0.466 e. The van der Waals surface area contributed by atoms with Crippen molar-refractivity contribution in [1.29, 1.82) is 0 Å². The van der Waals surface area contributed by atoms with Crippen LogP contribution in [-0.2, 0) is 25.8 Å². The maximum Gasteiger partial charge on any atom is 0.306 e. The number of rotatable bonds is 5. The zero-order chi connectivity index (χ0) is 12.9. The van der Waals surface area contributed by atoms with Crippen LogP contribution in [0.15, 0.2) is 29.2 Å². The first-order chi connectivity index (χ1) is 7.93. The van der Waals surface area contributed by atoms with Crippen molar-refractivity contribution in [3.8, 4) is 0 Å². The Balaban J connectivity index is 2.60. The molecule has 0 N–H and O–H groups in total. The standard InChI is InChI=1S/C12H16O4S/c1-3-16-12(13)9-6-10-4-7-11(8-5-10)17(2,14)15/h4-5,7-8H,3,6,9H2,1-2H3. The number of hydrogen-bond donors (Lipinski definition) is 0. The SMILES string of the molecule is CCOC(=O)CCc1ccc(S(C)(=O)=O)cc1. The third kappa shape index (κ3) is 4.56. The third-order valence-electron chi connectivity index (χ3n) is 2.27. The van der Waals surface area contributed by atoms with E-state index in [1.54, 1.807) is 31.2 Å². The summed E-state index contributed by atoms with van der Waals surface area (Å²) in [6.07, 6.45) is 2.04. The summed E-state index contributed by atoms with van der Waals surface area (Å²) in [5.41, 5.74) is 0.922. The fourth-order valence-electron chi connectivity index (χ4n) is 1.38. The number of ether oxygens (including phenoxy) is 1. The van der Waals surface area contributed by atoms with Crippen LogP contribution in [0.5, 0.6) is 0 Å². The Morgan fingerprint density at radius 1 is 1.24 bits per heavy atom. The number of aryl methyl sites for hydroxylation is 1. The van der Waals surface area contributed by atoms with Crippen LogP contribution in [0.25, 0.3) is 0 Å². The lowest BCUT2D eigenvalue weighted by molar-refractivity contribution is -0.143. The molecule has 0 aliphatic carbocycles. The second-order valence-electron chi connectivity index (χ2n) is 3.72. The average Bonchev–Trinajstić information content (AvgIpc) is 2.26. The smallest absolute Gasteiger partial charge is 0.306 e. The minimum Gasteiger partial charge on any atom is -0.466 e. The highest BCUT2D eigenvalue weighted by atomic mass is 32.2. The lowest BCUT2D eigenvalue weighted by Gasteiger charge is -2.03. The Morgan fingerprint density at radius 2 is 1.82 bits per heavy atom. The molecule has 0 radical (unpaired) electrons. The summed E-state index contributed by atoms with van der Waals surface area (Å²) in [5.74, 6) is -0.236. The summed E-state index contributed by atoms with van der Waals surface area (Å²) < 4.78 is 27.2. The first-order valence-electron chi connectivity index (χ1n) is 5.38. The molecule has 1 aromatic carbocycles. The molecule has 0 unspecified atom stereocenters. The molecule has 17 heavy (non-hydrogen) atoms. The van der Waals surface area contributed by atoms with E-state index in [0.717, 1.165) is 5.56 Å². The van der Waals surface area contributed by atoms with Crippen LogP contribution in [-0.4, -0.2) is 27.2 Å². The van der Waals surface area contributed by atoms with Crippen LogP contribution in [0.4, 0.5) is 0 Å². The molecule has 5 heteroatoms. The zero-order valence-electron chi connectivity index (χ0n) is 9.97. The Hall–Kier alpha value is -1.36. The molecule has 1 aromatic rings. The molecular weight excluding hydrogens is 240 g/mol. The minimum atomic E-state index is -3.15. The Bertz CT molecular complexity index is 474. The first-order valence-corrected chi connectivity index (χ1v) is 7.27. The summed E-state index contributed by atoms with van der Waals surface area (Å²) in [6.45, 7) is 2.14. The molecule has 0 fully saturated rings. The van der Waals surface area contributed by atoms with Gasteiger partial charge >= 0.3 is 5.97 Å². The van der Waals surface area contributed by atoms with Gasteiger partial charge in [-0.1, -0.05) is 12.1 Å². The van der Waals surface area contributed by atoms with E-state index in [1.165, 1.54) is 6.26 Å². The molecule has 0 atom stereocenters. The van der Waals surface area contributed by atoms with Crippen molar-refractivity contribution in [3.63, 3.8) is 0 Å². The Kier molecular flexibility index (Phi) is 4.69. The van der Waals surface area contributed by atoms with E-state index in [9.17, 15) is 13.2 Å². The van der Waals surface area contributed by atoms with Gasteiger partial charge in [-0.25, -0.2) is 8.42 Å². The summed E-state index contributed by atoms with van der Waals surface area (Å²) in [5, 5.41) is 0. The number of carbonyl (C=O) groups is 1. The van der Waals surface area contributed by atoms with Gasteiger partial charge in [0.1, 0.15) is 0 Å². The number of benzene rings is 1. The molecule has 0 saturated carbocycles. The molecule has 0 amide bonds. The Labute approximate surface area is 102 Å². The lowest BCUT2D eigenvalue weighted by Crippen LogP contribution is -2.05. The molecule has 0 heterocycles. The van der Waals surface area contributed by atoms with Gasteiger partial charge in [0.2, 0.25) is 0 Å². The molecular formula is C12H16O4S. The first kappa shape index (κ1) is 13.7. The van der Waals surface area contributed by atoms with Gasteiger partial charge in [0.15, 0.2) is 9.84 Å². The number of esters is 1. The van der Waals surface area contributed by atoms with Gasteiger partial charge in [-0.05, 0) is 31.0 Å². The maximum atomic E-state index is 11.2. The van der Waals surface area contributed by atoms with Gasteiger partial charge in [0.05, 0.1) is 11.5 Å².